The second-order valence-corrected chi connectivity index (χ2v) is 5.60. The lowest BCUT2D eigenvalue weighted by Gasteiger charge is -2.06. The Hall–Kier alpha value is -1.92. The van der Waals surface area contributed by atoms with E-state index in [0.29, 0.717) is 6.42 Å². The van der Waals surface area contributed by atoms with Crippen molar-refractivity contribution < 1.29 is 26.8 Å². The Kier molecular flexibility index (Phi) is 9.80. The number of nitrogens with zero attached hydrogens (tertiary/aromatic N) is 1. The predicted molar refractivity (Wildman–Crippen MR) is 86.6 cm³/mol. The van der Waals surface area contributed by atoms with Gasteiger partial charge in [0, 0.05) is 6.21 Å². The van der Waals surface area contributed by atoms with E-state index in [4.69, 9.17) is 0 Å². The summed E-state index contributed by atoms with van der Waals surface area (Å²) in [6, 6.07) is 0. The Morgan fingerprint density at radius 2 is 1.20 bits per heavy atom. The third-order valence-electron chi connectivity index (χ3n) is 3.65. The number of rotatable bonds is 12. The summed E-state index contributed by atoms with van der Waals surface area (Å²) in [6.07, 6.45) is 11.5. The zero-order chi connectivity index (χ0) is 18.7. The highest BCUT2D eigenvalue weighted by Crippen LogP contribution is 2.23. The molecule has 0 N–H and O–H groups in total. The van der Waals surface area contributed by atoms with Gasteiger partial charge in [0.2, 0.25) is 5.82 Å². The smallest absolute Gasteiger partial charge is 0.200 e. The Balaban J connectivity index is 2.25. The molecule has 0 aliphatic rings. The topological polar surface area (TPSA) is 21.6 Å². The van der Waals surface area contributed by atoms with Gasteiger partial charge in [-0.3, -0.25) is 0 Å². The van der Waals surface area contributed by atoms with E-state index >= 15 is 0 Å². The number of hydrogen-bond acceptors (Lipinski definition) is 2. The van der Waals surface area contributed by atoms with Crippen molar-refractivity contribution in [3.05, 3.63) is 47.3 Å². The molecule has 25 heavy (non-hydrogen) atoms. The SMILES string of the molecule is C=CCCCCCCCC/C=N/OCc1c(F)c(F)c(F)c(F)c1F. The summed E-state index contributed by atoms with van der Waals surface area (Å²) in [5.41, 5.74) is -1.03. The Bertz CT molecular complexity index is 560. The van der Waals surface area contributed by atoms with Gasteiger partial charge in [0.15, 0.2) is 23.3 Å². The lowest BCUT2D eigenvalue weighted by molar-refractivity contribution is 0.124. The molecule has 0 unspecified atom stereocenters. The largest absolute Gasteiger partial charge is 0.391 e. The molecule has 7 heteroatoms. The maximum Gasteiger partial charge on any atom is 0.200 e. The molecule has 0 fully saturated rings. The number of halogens is 5. The molecule has 0 spiro atoms. The molecule has 0 aliphatic heterocycles. The highest BCUT2D eigenvalue weighted by molar-refractivity contribution is 5.56. The minimum Gasteiger partial charge on any atom is -0.391 e. The third-order valence-corrected chi connectivity index (χ3v) is 3.65. The maximum atomic E-state index is 13.4. The zero-order valence-corrected chi connectivity index (χ0v) is 14.0. The molecule has 0 radical (unpaired) electrons. The summed E-state index contributed by atoms with van der Waals surface area (Å²) < 4.78 is 65.6. The molecule has 0 bridgehead atoms. The van der Waals surface area contributed by atoms with Crippen molar-refractivity contribution in [3.8, 4) is 0 Å². The minimum atomic E-state index is -2.19. The van der Waals surface area contributed by atoms with Gasteiger partial charge in [-0.25, -0.2) is 22.0 Å². The quantitative estimate of drug-likeness (QED) is 0.0825. The first kappa shape index (κ1) is 21.1. The molecule has 1 aromatic carbocycles. The van der Waals surface area contributed by atoms with Crippen molar-refractivity contribution in [2.24, 2.45) is 5.16 Å². The van der Waals surface area contributed by atoms with E-state index in [2.05, 4.69) is 16.6 Å². The van der Waals surface area contributed by atoms with Gasteiger partial charge in [-0.1, -0.05) is 36.9 Å². The molecule has 0 saturated heterocycles. The van der Waals surface area contributed by atoms with Crippen molar-refractivity contribution in [2.45, 2.75) is 58.0 Å². The molecule has 0 amide bonds. The number of hydrogen-bond donors (Lipinski definition) is 0. The molecular weight excluding hydrogens is 341 g/mol. The molecule has 2 nitrogen and oxygen atoms in total. The minimum absolute atomic E-state index is 0.615. The van der Waals surface area contributed by atoms with Gasteiger partial charge in [0.1, 0.15) is 6.61 Å². The molecule has 1 rings (SSSR count). The van der Waals surface area contributed by atoms with Gasteiger partial charge in [-0.2, -0.15) is 0 Å². The number of unbranched alkanes of at least 4 members (excludes halogenated alkanes) is 7. The normalized spacial score (nSPS) is 11.2. The first-order chi connectivity index (χ1) is 12.0. The number of allylic oxidation sites excluding steroid dienone is 1. The lowest BCUT2D eigenvalue weighted by atomic mass is 10.1. The van der Waals surface area contributed by atoms with Crippen LogP contribution in [0.25, 0.3) is 0 Å². The lowest BCUT2D eigenvalue weighted by Crippen LogP contribution is -2.07. The van der Waals surface area contributed by atoms with Gasteiger partial charge in [-0.05, 0) is 25.7 Å². The van der Waals surface area contributed by atoms with Crippen LogP contribution >= 0.6 is 0 Å². The fourth-order valence-corrected chi connectivity index (χ4v) is 2.22. The van der Waals surface area contributed by atoms with Gasteiger partial charge in [0.25, 0.3) is 0 Å². The average Bonchev–Trinajstić information content (AvgIpc) is 2.61. The fourth-order valence-electron chi connectivity index (χ4n) is 2.22. The average molecular weight is 363 g/mol. The van der Waals surface area contributed by atoms with Crippen molar-refractivity contribution in [2.75, 3.05) is 0 Å². The molecule has 0 heterocycles. The molecule has 1 aromatic rings. The van der Waals surface area contributed by atoms with Gasteiger partial charge < -0.3 is 4.84 Å². The van der Waals surface area contributed by atoms with Crippen molar-refractivity contribution in [1.82, 2.24) is 0 Å². The zero-order valence-electron chi connectivity index (χ0n) is 14.0. The van der Waals surface area contributed by atoms with Crippen LogP contribution in [0.1, 0.15) is 56.9 Å². The number of benzene rings is 1. The summed E-state index contributed by atoms with van der Waals surface area (Å²) in [7, 11) is 0. The van der Waals surface area contributed by atoms with Crippen LogP contribution in [0, 0.1) is 29.1 Å². The van der Waals surface area contributed by atoms with Crippen LogP contribution in [0.4, 0.5) is 22.0 Å². The van der Waals surface area contributed by atoms with Crippen LogP contribution < -0.4 is 0 Å². The summed E-state index contributed by atoms with van der Waals surface area (Å²) >= 11 is 0. The van der Waals surface area contributed by atoms with Gasteiger partial charge in [0.05, 0.1) is 5.56 Å². The first-order valence-corrected chi connectivity index (χ1v) is 8.25. The molecule has 0 aromatic heterocycles. The second kappa shape index (κ2) is 11.6. The van der Waals surface area contributed by atoms with Crippen LogP contribution in [0.15, 0.2) is 17.8 Å². The van der Waals surface area contributed by atoms with Crippen LogP contribution in [0.2, 0.25) is 0 Å². The molecular formula is C18H22F5NO. The van der Waals surface area contributed by atoms with Gasteiger partial charge >= 0.3 is 0 Å². The predicted octanol–water partition coefficient (Wildman–Crippen LogP) is 6.19. The van der Waals surface area contributed by atoms with Gasteiger partial charge in [-0.15, -0.1) is 6.58 Å². The number of oxime groups is 1. The van der Waals surface area contributed by atoms with E-state index in [1.54, 1.807) is 0 Å². The Morgan fingerprint density at radius 3 is 1.76 bits per heavy atom. The van der Waals surface area contributed by atoms with Crippen LogP contribution in [-0.2, 0) is 11.4 Å². The summed E-state index contributed by atoms with van der Waals surface area (Å²) in [6.45, 7) is 2.84. The first-order valence-electron chi connectivity index (χ1n) is 8.25. The molecule has 0 atom stereocenters. The van der Waals surface area contributed by atoms with Crippen LogP contribution in [0.5, 0.6) is 0 Å². The standard InChI is InChI=1S/C18H22F5NO/c1-2-3-4-5-6-7-8-9-10-11-24-25-12-13-14(19)16(21)18(23)17(22)15(13)20/h2,11H,1,3-10,12H2/b24-11+. The van der Waals surface area contributed by atoms with Crippen LogP contribution in [-0.4, -0.2) is 6.21 Å². The van der Waals surface area contributed by atoms with E-state index in [-0.39, 0.29) is 0 Å². The van der Waals surface area contributed by atoms with E-state index in [1.165, 1.54) is 12.6 Å². The van der Waals surface area contributed by atoms with E-state index in [0.717, 1.165) is 38.5 Å². The highest BCUT2D eigenvalue weighted by Gasteiger charge is 2.25. The second-order valence-electron chi connectivity index (χ2n) is 5.60. The molecule has 140 valence electrons. The summed E-state index contributed by atoms with van der Waals surface area (Å²) in [5.74, 6) is -9.97. The van der Waals surface area contributed by atoms with Crippen molar-refractivity contribution in [3.63, 3.8) is 0 Å². The monoisotopic (exact) mass is 363 g/mol. The molecule has 0 aliphatic carbocycles. The Morgan fingerprint density at radius 1 is 0.720 bits per heavy atom. The van der Waals surface area contributed by atoms with E-state index < -0.39 is 41.3 Å². The highest BCUT2D eigenvalue weighted by atomic mass is 19.2. The fraction of sp³-hybridized carbons (Fsp3) is 0.500. The van der Waals surface area contributed by atoms with E-state index in [1.807, 2.05) is 6.08 Å². The van der Waals surface area contributed by atoms with E-state index in [9.17, 15) is 22.0 Å². The summed E-state index contributed by atoms with van der Waals surface area (Å²) in [4.78, 5) is 4.63. The van der Waals surface area contributed by atoms with Crippen LogP contribution in [0.3, 0.4) is 0 Å². The Labute approximate surface area is 144 Å². The third kappa shape index (κ3) is 6.84. The maximum absolute atomic E-state index is 13.4. The summed E-state index contributed by atoms with van der Waals surface area (Å²) in [5, 5.41) is 3.48. The van der Waals surface area contributed by atoms with Crippen molar-refractivity contribution >= 4 is 6.21 Å². The molecule has 0 saturated carbocycles. The van der Waals surface area contributed by atoms with Crippen molar-refractivity contribution in [1.29, 1.82) is 0 Å².